The van der Waals surface area contributed by atoms with Crippen LogP contribution in [0.15, 0.2) is 18.2 Å². The summed E-state index contributed by atoms with van der Waals surface area (Å²) in [6.07, 6.45) is 3.29. The topological polar surface area (TPSA) is 214 Å². The predicted octanol–water partition coefficient (Wildman–Crippen LogP) is 1.04. The van der Waals surface area contributed by atoms with Crippen LogP contribution in [0.4, 0.5) is 0 Å². The maximum atomic E-state index is 13.1. The van der Waals surface area contributed by atoms with Crippen molar-refractivity contribution < 1.29 is 55.2 Å². The second-order valence-electron chi connectivity index (χ2n) is 8.83. The van der Waals surface area contributed by atoms with Crippen LogP contribution < -0.4 is 4.74 Å². The molecule has 0 spiro atoms. The van der Waals surface area contributed by atoms with Crippen molar-refractivity contribution in [2.75, 3.05) is 20.3 Å². The molecule has 2 aliphatic carbocycles. The summed E-state index contributed by atoms with van der Waals surface area (Å²) in [5, 5.41) is 39.4. The number of aromatic hydroxyl groups is 2. The standard InChI is InChI=1S/C21H18O7.C5H10O2.CH4.2H2O/c1-28-14-4-2-3-11-15(14)21(27)17-16(19(11)25)20(26)12-7-9(13(23)8-22)5-6-10(12)18(17)24;6-5-3-1-2-4-7-5;;;/h2-4,9,22,24,26H,5-8H2,1H3;5-6H,1-4H2;1H4;2*1H2/t9-;5-;;;/m01.../s1. The van der Waals surface area contributed by atoms with Crippen LogP contribution in [0.5, 0.6) is 17.2 Å². The van der Waals surface area contributed by atoms with Crippen LogP contribution in [-0.4, -0.2) is 75.3 Å². The number of carbonyl (C=O) groups excluding carboxylic acids is 3. The number of aliphatic hydroxyl groups is 2. The second kappa shape index (κ2) is 13.4. The number of phenols is 2. The number of rotatable bonds is 3. The Balaban J connectivity index is 0.000000632. The molecule has 2 atom stereocenters. The Labute approximate surface area is 220 Å². The van der Waals surface area contributed by atoms with Gasteiger partial charge in [-0.1, -0.05) is 19.6 Å². The van der Waals surface area contributed by atoms with Gasteiger partial charge in [0.1, 0.15) is 23.9 Å². The molecular weight excluding hydrogens is 500 g/mol. The lowest BCUT2D eigenvalue weighted by Gasteiger charge is -2.29. The average molecular weight is 537 g/mol. The molecule has 1 aliphatic heterocycles. The van der Waals surface area contributed by atoms with Crippen LogP contribution in [0, 0.1) is 5.92 Å². The number of Topliss-reactive ketones (excluding diaryl/α,β-unsaturated/α-hetero) is 1. The SMILES string of the molecule is C.COc1cccc2c1C(=O)c1c(O)c3c(c(O)c1C2=O)C[C@@H](C(=O)CO)CC3.O.O.O[C@H]1CCCCO1. The van der Waals surface area contributed by atoms with Crippen molar-refractivity contribution in [2.24, 2.45) is 5.92 Å². The Morgan fingerprint density at radius 3 is 2.21 bits per heavy atom. The predicted molar refractivity (Wildman–Crippen MR) is 137 cm³/mol. The summed E-state index contributed by atoms with van der Waals surface area (Å²) < 4.78 is 10.0. The first-order valence-electron chi connectivity index (χ1n) is 11.6. The van der Waals surface area contributed by atoms with E-state index < -0.39 is 30.4 Å². The highest BCUT2D eigenvalue weighted by Gasteiger charge is 2.40. The van der Waals surface area contributed by atoms with Gasteiger partial charge in [0.2, 0.25) is 5.78 Å². The molecule has 0 aromatic heterocycles. The number of phenolic OH excluding ortho intramolecular Hbond substituents is 2. The highest BCUT2D eigenvalue weighted by atomic mass is 16.6. The molecule has 0 bridgehead atoms. The Morgan fingerprint density at radius 2 is 1.66 bits per heavy atom. The fraction of sp³-hybridized carbons (Fsp3) is 0.444. The minimum atomic E-state index is -0.609. The first-order chi connectivity index (χ1) is 16.8. The molecule has 38 heavy (non-hydrogen) atoms. The monoisotopic (exact) mass is 536 g/mol. The summed E-state index contributed by atoms with van der Waals surface area (Å²) in [4.78, 5) is 38.1. The molecule has 11 heteroatoms. The van der Waals surface area contributed by atoms with Crippen molar-refractivity contribution >= 4 is 17.3 Å². The summed E-state index contributed by atoms with van der Waals surface area (Å²) >= 11 is 0. The van der Waals surface area contributed by atoms with E-state index in [1.807, 2.05) is 0 Å². The Kier molecular flexibility index (Phi) is 11.6. The summed E-state index contributed by atoms with van der Waals surface area (Å²) in [6.45, 7) is 0.128. The van der Waals surface area contributed by atoms with Crippen molar-refractivity contribution in [2.45, 2.75) is 52.2 Å². The van der Waals surface area contributed by atoms with E-state index in [0.717, 1.165) is 25.9 Å². The van der Waals surface area contributed by atoms with Gasteiger partial charge in [-0.3, -0.25) is 14.4 Å². The lowest BCUT2D eigenvalue weighted by Crippen LogP contribution is -2.28. The number of fused-ring (bicyclic) bond motifs is 3. The molecule has 1 saturated heterocycles. The quantitative estimate of drug-likeness (QED) is 0.351. The second-order valence-corrected chi connectivity index (χ2v) is 8.83. The third-order valence-corrected chi connectivity index (χ3v) is 6.79. The van der Waals surface area contributed by atoms with Crippen molar-refractivity contribution in [1.82, 2.24) is 0 Å². The molecule has 3 aliphatic rings. The highest BCUT2D eigenvalue weighted by Crippen LogP contribution is 2.47. The number of hydrogen-bond acceptors (Lipinski definition) is 9. The first kappa shape index (κ1) is 32.7. The molecule has 0 unspecified atom stereocenters. The number of benzene rings is 2. The van der Waals surface area contributed by atoms with Crippen LogP contribution >= 0.6 is 0 Å². The van der Waals surface area contributed by atoms with E-state index in [1.165, 1.54) is 13.2 Å². The van der Waals surface area contributed by atoms with Crippen LogP contribution in [-0.2, 0) is 22.4 Å². The largest absolute Gasteiger partial charge is 0.507 e. The van der Waals surface area contributed by atoms with Gasteiger partial charge >= 0.3 is 0 Å². The third-order valence-electron chi connectivity index (χ3n) is 6.79. The minimum Gasteiger partial charge on any atom is -0.507 e. The molecule has 8 N–H and O–H groups in total. The van der Waals surface area contributed by atoms with Crippen molar-refractivity contribution in [3.05, 3.63) is 51.6 Å². The van der Waals surface area contributed by atoms with Gasteiger partial charge < -0.3 is 40.9 Å². The first-order valence-corrected chi connectivity index (χ1v) is 11.6. The number of ketones is 3. The molecule has 210 valence electrons. The molecule has 0 radical (unpaired) electrons. The van der Waals surface area contributed by atoms with Crippen molar-refractivity contribution in [3.63, 3.8) is 0 Å². The van der Waals surface area contributed by atoms with Crippen LogP contribution in [0.25, 0.3) is 0 Å². The number of carbonyl (C=O) groups is 3. The van der Waals surface area contributed by atoms with E-state index in [-0.39, 0.29) is 82.1 Å². The zero-order valence-electron chi connectivity index (χ0n) is 20.4. The van der Waals surface area contributed by atoms with Gasteiger partial charge in [0.25, 0.3) is 0 Å². The molecule has 1 fully saturated rings. The number of methoxy groups -OCH3 is 1. The fourth-order valence-corrected chi connectivity index (χ4v) is 4.93. The molecule has 0 amide bonds. The normalized spacial score (nSPS) is 19.0. The van der Waals surface area contributed by atoms with Gasteiger partial charge in [0, 0.05) is 29.2 Å². The number of ether oxygens (including phenoxy) is 2. The Bertz CT molecular complexity index is 1180. The van der Waals surface area contributed by atoms with Crippen molar-refractivity contribution in [1.29, 1.82) is 0 Å². The van der Waals surface area contributed by atoms with E-state index in [4.69, 9.17) is 19.7 Å². The average Bonchev–Trinajstić information content (AvgIpc) is 2.88. The summed E-state index contributed by atoms with van der Waals surface area (Å²) in [6, 6.07) is 4.59. The van der Waals surface area contributed by atoms with E-state index in [9.17, 15) is 24.6 Å². The maximum Gasteiger partial charge on any atom is 0.202 e. The molecule has 1 heterocycles. The Morgan fingerprint density at radius 1 is 1.00 bits per heavy atom. The minimum absolute atomic E-state index is 0. The summed E-state index contributed by atoms with van der Waals surface area (Å²) in [7, 11) is 1.38. The molecular formula is C27H36O11. The Hall–Kier alpha value is -3.35. The zero-order chi connectivity index (χ0) is 25.3. The van der Waals surface area contributed by atoms with E-state index in [1.54, 1.807) is 12.1 Å². The van der Waals surface area contributed by atoms with Gasteiger partial charge in [-0.15, -0.1) is 0 Å². The molecule has 2 aromatic rings. The van der Waals surface area contributed by atoms with Crippen LogP contribution in [0.3, 0.4) is 0 Å². The lowest BCUT2D eigenvalue weighted by molar-refractivity contribution is -0.126. The lowest BCUT2D eigenvalue weighted by atomic mass is 9.75. The molecule has 11 nitrogen and oxygen atoms in total. The number of hydrogen-bond donors (Lipinski definition) is 4. The van der Waals surface area contributed by atoms with Gasteiger partial charge in [-0.25, -0.2) is 0 Å². The van der Waals surface area contributed by atoms with Crippen LogP contribution in [0.1, 0.15) is 76.1 Å². The van der Waals surface area contributed by atoms with Gasteiger partial charge in [-0.2, -0.15) is 0 Å². The molecule has 5 rings (SSSR count). The van der Waals surface area contributed by atoms with E-state index in [2.05, 4.69) is 0 Å². The molecule has 0 saturated carbocycles. The van der Waals surface area contributed by atoms with E-state index >= 15 is 0 Å². The third kappa shape index (κ3) is 5.71. The molecule has 2 aromatic carbocycles. The van der Waals surface area contributed by atoms with Gasteiger partial charge in [-0.05, 0) is 44.6 Å². The summed E-state index contributed by atoms with van der Waals surface area (Å²) in [5.41, 5.74) is 0.301. The smallest absolute Gasteiger partial charge is 0.202 e. The van der Waals surface area contributed by atoms with Gasteiger partial charge in [0.05, 0.1) is 23.8 Å². The van der Waals surface area contributed by atoms with Crippen LogP contribution in [0.2, 0.25) is 0 Å². The van der Waals surface area contributed by atoms with Crippen molar-refractivity contribution in [3.8, 4) is 17.2 Å². The highest BCUT2D eigenvalue weighted by molar-refractivity contribution is 6.31. The maximum absolute atomic E-state index is 13.1. The fourth-order valence-electron chi connectivity index (χ4n) is 4.93. The van der Waals surface area contributed by atoms with E-state index in [0.29, 0.717) is 12.0 Å². The van der Waals surface area contributed by atoms with Gasteiger partial charge in [0.15, 0.2) is 17.9 Å². The summed E-state index contributed by atoms with van der Waals surface area (Å²) in [5.74, 6) is -2.56. The number of aliphatic hydroxyl groups excluding tert-OH is 2. The zero-order valence-corrected chi connectivity index (χ0v) is 20.4.